The summed E-state index contributed by atoms with van der Waals surface area (Å²) >= 11 is 4.53. The van der Waals surface area contributed by atoms with Crippen LogP contribution in [0.2, 0.25) is 0 Å². The van der Waals surface area contributed by atoms with Gasteiger partial charge in [-0.1, -0.05) is 35.8 Å². The monoisotopic (exact) mass is 311 g/mol. The maximum absolute atomic E-state index is 11.5. The van der Waals surface area contributed by atoms with Crippen molar-refractivity contribution in [2.24, 2.45) is 5.92 Å². The second-order valence-electron chi connectivity index (χ2n) is 3.58. The van der Waals surface area contributed by atoms with Gasteiger partial charge in [-0.3, -0.25) is 0 Å². The molecule has 1 unspecified atom stereocenters. The van der Waals surface area contributed by atoms with Crippen LogP contribution in [0.1, 0.15) is 24.8 Å². The fourth-order valence-corrected chi connectivity index (χ4v) is 3.49. The van der Waals surface area contributed by atoms with Crippen molar-refractivity contribution in [3.8, 4) is 0 Å². The molecule has 1 aromatic heterocycles. The molecule has 0 aliphatic heterocycles. The first kappa shape index (κ1) is 13.2. The lowest BCUT2D eigenvalue weighted by Crippen LogP contribution is -2.31. The van der Waals surface area contributed by atoms with E-state index in [1.165, 1.54) is 0 Å². The van der Waals surface area contributed by atoms with Gasteiger partial charge in [0.25, 0.3) is 0 Å². The zero-order valence-corrected chi connectivity index (χ0v) is 11.8. The SMILES string of the molecule is CC(C)C(NS(=O)(=O)CBr)c1cccs1. The van der Waals surface area contributed by atoms with Crippen molar-refractivity contribution >= 4 is 37.3 Å². The summed E-state index contributed by atoms with van der Waals surface area (Å²) in [4.78, 5) is 1.05. The van der Waals surface area contributed by atoms with Crippen molar-refractivity contribution in [1.82, 2.24) is 4.72 Å². The molecule has 0 spiro atoms. The van der Waals surface area contributed by atoms with E-state index in [1.807, 2.05) is 31.4 Å². The largest absolute Gasteiger partial charge is 0.222 e. The van der Waals surface area contributed by atoms with Gasteiger partial charge in [0.15, 0.2) is 0 Å². The summed E-state index contributed by atoms with van der Waals surface area (Å²) in [7, 11) is -3.22. The highest BCUT2D eigenvalue weighted by molar-refractivity contribution is 9.10. The Hall–Kier alpha value is 0.0900. The zero-order valence-electron chi connectivity index (χ0n) is 8.60. The van der Waals surface area contributed by atoms with Gasteiger partial charge in [0.05, 0.1) is 6.04 Å². The summed E-state index contributed by atoms with van der Waals surface area (Å²) in [6.45, 7) is 4.00. The Morgan fingerprint density at radius 1 is 1.53 bits per heavy atom. The molecule has 0 bridgehead atoms. The highest BCUT2D eigenvalue weighted by Gasteiger charge is 2.22. The molecule has 0 saturated heterocycles. The second-order valence-corrected chi connectivity index (χ2v) is 7.62. The molecule has 0 saturated carbocycles. The topological polar surface area (TPSA) is 46.2 Å². The van der Waals surface area contributed by atoms with Gasteiger partial charge in [-0.05, 0) is 17.4 Å². The Morgan fingerprint density at radius 3 is 2.60 bits per heavy atom. The van der Waals surface area contributed by atoms with E-state index >= 15 is 0 Å². The number of hydrogen-bond donors (Lipinski definition) is 1. The van der Waals surface area contributed by atoms with Gasteiger partial charge in [0.2, 0.25) is 10.0 Å². The predicted molar refractivity (Wildman–Crippen MR) is 67.7 cm³/mol. The van der Waals surface area contributed by atoms with Crippen LogP contribution in [0.4, 0.5) is 0 Å². The summed E-state index contributed by atoms with van der Waals surface area (Å²) in [6.07, 6.45) is 0. The molecule has 0 fully saturated rings. The third kappa shape index (κ3) is 3.86. The van der Waals surface area contributed by atoms with Crippen LogP contribution >= 0.6 is 27.3 Å². The lowest BCUT2D eigenvalue weighted by Gasteiger charge is -2.20. The number of rotatable bonds is 5. The van der Waals surface area contributed by atoms with Crippen LogP contribution in [-0.4, -0.2) is 13.1 Å². The van der Waals surface area contributed by atoms with Gasteiger partial charge in [-0.25, -0.2) is 13.1 Å². The molecule has 1 rings (SSSR count). The van der Waals surface area contributed by atoms with Crippen molar-refractivity contribution in [2.45, 2.75) is 19.9 Å². The third-order valence-corrected chi connectivity index (χ3v) is 5.63. The first-order chi connectivity index (χ1) is 6.96. The van der Waals surface area contributed by atoms with Gasteiger partial charge in [-0.15, -0.1) is 11.3 Å². The minimum absolute atomic E-state index is 0.0609. The molecule has 15 heavy (non-hydrogen) atoms. The summed E-state index contributed by atoms with van der Waals surface area (Å²) in [5, 5.41) is 1.95. The Balaban J connectivity index is 2.86. The first-order valence-corrected chi connectivity index (χ1v) is 8.21. The average molecular weight is 312 g/mol. The molecule has 1 atom stereocenters. The molecule has 1 N–H and O–H groups in total. The zero-order chi connectivity index (χ0) is 11.5. The van der Waals surface area contributed by atoms with Crippen LogP contribution < -0.4 is 4.72 Å². The Labute approximate surface area is 103 Å². The van der Waals surface area contributed by atoms with Crippen LogP contribution in [0.25, 0.3) is 0 Å². The number of hydrogen-bond acceptors (Lipinski definition) is 3. The minimum atomic E-state index is -3.22. The van der Waals surface area contributed by atoms with E-state index in [0.717, 1.165) is 4.88 Å². The number of thiophene rings is 1. The molecule has 1 aromatic rings. The van der Waals surface area contributed by atoms with E-state index in [0.29, 0.717) is 0 Å². The first-order valence-electron chi connectivity index (χ1n) is 4.55. The summed E-state index contributed by atoms with van der Waals surface area (Å²) in [6, 6.07) is 3.75. The molecule has 0 aromatic carbocycles. The van der Waals surface area contributed by atoms with Crippen molar-refractivity contribution in [3.63, 3.8) is 0 Å². The van der Waals surface area contributed by atoms with E-state index < -0.39 is 10.0 Å². The molecule has 3 nitrogen and oxygen atoms in total. The number of halogens is 1. The van der Waals surface area contributed by atoms with Crippen molar-refractivity contribution in [1.29, 1.82) is 0 Å². The second kappa shape index (κ2) is 5.43. The van der Waals surface area contributed by atoms with E-state index in [1.54, 1.807) is 11.3 Å². The quantitative estimate of drug-likeness (QED) is 0.850. The van der Waals surface area contributed by atoms with Gasteiger partial charge >= 0.3 is 0 Å². The van der Waals surface area contributed by atoms with Crippen LogP contribution in [0, 0.1) is 5.92 Å². The molecule has 0 amide bonds. The molecule has 1 heterocycles. The van der Waals surface area contributed by atoms with Crippen LogP contribution in [-0.2, 0) is 10.0 Å². The summed E-state index contributed by atoms with van der Waals surface area (Å²) < 4.78 is 25.5. The maximum atomic E-state index is 11.5. The summed E-state index contributed by atoms with van der Waals surface area (Å²) in [5.74, 6) is 0.234. The fraction of sp³-hybridized carbons (Fsp3) is 0.556. The third-order valence-electron chi connectivity index (χ3n) is 1.97. The highest BCUT2D eigenvalue weighted by atomic mass is 79.9. The Bertz CT molecular complexity index is 386. The average Bonchev–Trinajstić information content (AvgIpc) is 2.66. The molecule has 0 radical (unpaired) electrons. The van der Waals surface area contributed by atoms with Crippen molar-refractivity contribution in [2.75, 3.05) is 4.66 Å². The standard InChI is InChI=1S/C9H14BrNO2S2/c1-7(2)9(8-4-3-5-14-8)11-15(12,13)6-10/h3-5,7,9,11H,6H2,1-2H3. The molecule has 86 valence electrons. The van der Waals surface area contributed by atoms with Crippen LogP contribution in [0.3, 0.4) is 0 Å². The molecule has 0 aliphatic rings. The normalized spacial score (nSPS) is 14.4. The van der Waals surface area contributed by atoms with Gasteiger partial charge in [0.1, 0.15) is 4.66 Å². The molecular formula is C9H14BrNO2S2. The Morgan fingerprint density at radius 2 is 2.20 bits per heavy atom. The molecule has 6 heteroatoms. The number of sulfonamides is 1. The van der Waals surface area contributed by atoms with E-state index in [9.17, 15) is 8.42 Å². The van der Waals surface area contributed by atoms with Crippen molar-refractivity contribution < 1.29 is 8.42 Å². The van der Waals surface area contributed by atoms with E-state index in [-0.39, 0.29) is 16.6 Å². The van der Waals surface area contributed by atoms with Gasteiger partial charge < -0.3 is 0 Å². The molecular weight excluding hydrogens is 298 g/mol. The predicted octanol–water partition coefficient (Wildman–Crippen LogP) is 2.72. The fourth-order valence-electron chi connectivity index (χ4n) is 1.22. The number of alkyl halides is 1. The van der Waals surface area contributed by atoms with Gasteiger partial charge in [-0.2, -0.15) is 0 Å². The minimum Gasteiger partial charge on any atom is -0.212 e. The summed E-state index contributed by atoms with van der Waals surface area (Å²) in [5.41, 5.74) is 0. The Kier molecular flexibility index (Phi) is 4.76. The van der Waals surface area contributed by atoms with Crippen LogP contribution in [0.15, 0.2) is 17.5 Å². The lowest BCUT2D eigenvalue weighted by molar-refractivity contribution is 0.470. The van der Waals surface area contributed by atoms with E-state index in [2.05, 4.69) is 20.7 Å². The van der Waals surface area contributed by atoms with E-state index in [4.69, 9.17) is 0 Å². The maximum Gasteiger partial charge on any atom is 0.222 e. The highest BCUT2D eigenvalue weighted by Crippen LogP contribution is 2.26. The number of nitrogens with one attached hydrogen (secondary N) is 1. The smallest absolute Gasteiger partial charge is 0.212 e. The van der Waals surface area contributed by atoms with Gasteiger partial charge in [0, 0.05) is 4.88 Å². The molecule has 0 aliphatic carbocycles. The lowest BCUT2D eigenvalue weighted by atomic mass is 10.0. The van der Waals surface area contributed by atoms with Crippen molar-refractivity contribution in [3.05, 3.63) is 22.4 Å². The van der Waals surface area contributed by atoms with Crippen LogP contribution in [0.5, 0.6) is 0 Å².